The summed E-state index contributed by atoms with van der Waals surface area (Å²) in [6.45, 7) is 3.50. The standard InChI is InChI=1S/C37H40F2N4O6/c1-3-30-24-33(28-15-16-31(38)32(39)23-28)43(35(46)42(30)36(47)49-25-27-11-6-4-7-12-27)41(26-44)20-10-19-40-21-17-37(18-22-40,34(45)48-2)29-13-8-5-9-14-29/h4-9,11-16,23-24,26,33H,3,10,17-22,25H2,1-2H3. The largest absolute Gasteiger partial charge is 0.468 e. The summed E-state index contributed by atoms with van der Waals surface area (Å²) in [6.07, 6.45) is 2.91. The van der Waals surface area contributed by atoms with Crippen LogP contribution in [-0.2, 0) is 31.1 Å². The van der Waals surface area contributed by atoms with Gasteiger partial charge in [0.25, 0.3) is 0 Å². The highest BCUT2D eigenvalue weighted by molar-refractivity contribution is 5.94. The Morgan fingerprint density at radius 3 is 2.27 bits per heavy atom. The van der Waals surface area contributed by atoms with Crippen LogP contribution < -0.4 is 0 Å². The van der Waals surface area contributed by atoms with Crippen LogP contribution in [0.4, 0.5) is 18.4 Å². The third kappa shape index (κ3) is 7.64. The van der Waals surface area contributed by atoms with Crippen LogP contribution in [0.5, 0.6) is 0 Å². The number of urea groups is 1. The predicted octanol–water partition coefficient (Wildman–Crippen LogP) is 6.34. The molecule has 1 saturated heterocycles. The van der Waals surface area contributed by atoms with Crippen molar-refractivity contribution >= 4 is 24.5 Å². The van der Waals surface area contributed by atoms with Crippen molar-refractivity contribution in [2.75, 3.05) is 33.3 Å². The first-order valence-electron chi connectivity index (χ1n) is 16.3. The number of ether oxygens (including phenoxy) is 2. The lowest BCUT2D eigenvalue weighted by Crippen LogP contribution is -2.57. The highest BCUT2D eigenvalue weighted by atomic mass is 19.2. The molecule has 12 heteroatoms. The highest BCUT2D eigenvalue weighted by Crippen LogP contribution is 2.37. The predicted molar refractivity (Wildman–Crippen MR) is 176 cm³/mol. The smallest absolute Gasteiger partial charge is 0.422 e. The van der Waals surface area contributed by atoms with Crippen LogP contribution in [0.1, 0.15) is 55.3 Å². The summed E-state index contributed by atoms with van der Waals surface area (Å²) < 4.78 is 39.0. The second kappa shape index (κ2) is 15.9. The van der Waals surface area contributed by atoms with Crippen molar-refractivity contribution in [2.24, 2.45) is 0 Å². The molecule has 2 aliphatic rings. The zero-order chi connectivity index (χ0) is 35.0. The monoisotopic (exact) mass is 674 g/mol. The third-order valence-corrected chi connectivity index (χ3v) is 9.20. The molecule has 3 aromatic rings. The Labute approximate surface area is 284 Å². The van der Waals surface area contributed by atoms with Gasteiger partial charge in [-0.05, 0) is 80.2 Å². The Hall–Kier alpha value is -5.10. The Morgan fingerprint density at radius 1 is 0.980 bits per heavy atom. The molecule has 10 nitrogen and oxygen atoms in total. The molecule has 2 aliphatic heterocycles. The SMILES string of the molecule is CCC1=CC(c2ccc(F)c(F)c2)N(N(C=O)CCCN2CCC(C(=O)OC)(c3ccccc3)CC2)C(=O)N1C(=O)OCc1ccccc1. The van der Waals surface area contributed by atoms with Gasteiger partial charge in [0, 0.05) is 12.2 Å². The lowest BCUT2D eigenvalue weighted by atomic mass is 9.72. The lowest BCUT2D eigenvalue weighted by molar-refractivity contribution is -0.149. The molecule has 49 heavy (non-hydrogen) atoms. The van der Waals surface area contributed by atoms with Gasteiger partial charge in [-0.15, -0.1) is 0 Å². The number of carbonyl (C=O) groups is 4. The average Bonchev–Trinajstić information content (AvgIpc) is 3.14. The van der Waals surface area contributed by atoms with Crippen LogP contribution in [0.3, 0.4) is 0 Å². The van der Waals surface area contributed by atoms with Crippen LogP contribution in [0, 0.1) is 11.6 Å². The molecule has 1 unspecified atom stereocenters. The van der Waals surface area contributed by atoms with E-state index >= 15 is 0 Å². The Balaban J connectivity index is 1.33. The molecule has 0 saturated carbocycles. The molecule has 3 aromatic carbocycles. The summed E-state index contributed by atoms with van der Waals surface area (Å²) in [5.74, 6) is -2.44. The number of methoxy groups -OCH3 is 1. The van der Waals surface area contributed by atoms with E-state index in [-0.39, 0.29) is 31.1 Å². The molecule has 4 amide bonds. The van der Waals surface area contributed by atoms with Gasteiger partial charge in [-0.2, -0.15) is 4.90 Å². The normalized spacial score (nSPS) is 17.7. The Morgan fingerprint density at radius 2 is 1.65 bits per heavy atom. The molecule has 1 atom stereocenters. The second-order valence-corrected chi connectivity index (χ2v) is 12.0. The summed E-state index contributed by atoms with van der Waals surface area (Å²) in [6, 6.07) is 20.0. The second-order valence-electron chi connectivity index (χ2n) is 12.0. The fourth-order valence-corrected chi connectivity index (χ4v) is 6.52. The molecular weight excluding hydrogens is 634 g/mol. The molecule has 5 rings (SSSR count). The van der Waals surface area contributed by atoms with Crippen molar-refractivity contribution in [1.29, 1.82) is 0 Å². The van der Waals surface area contributed by atoms with E-state index in [1.54, 1.807) is 37.3 Å². The summed E-state index contributed by atoms with van der Waals surface area (Å²) >= 11 is 0. The number of rotatable bonds is 12. The molecule has 258 valence electrons. The van der Waals surface area contributed by atoms with Gasteiger partial charge in [-0.25, -0.2) is 23.4 Å². The van der Waals surface area contributed by atoms with Gasteiger partial charge in [-0.3, -0.25) is 14.6 Å². The van der Waals surface area contributed by atoms with Crippen LogP contribution in [-0.4, -0.2) is 77.6 Å². The maximum absolute atomic E-state index is 14.4. The number of imide groups is 1. The minimum atomic E-state index is -1.11. The zero-order valence-electron chi connectivity index (χ0n) is 27.6. The summed E-state index contributed by atoms with van der Waals surface area (Å²) in [4.78, 5) is 56.1. The van der Waals surface area contributed by atoms with Crippen molar-refractivity contribution in [2.45, 2.75) is 50.7 Å². The van der Waals surface area contributed by atoms with E-state index in [9.17, 15) is 28.0 Å². The van der Waals surface area contributed by atoms with Crippen LogP contribution in [0.15, 0.2) is 90.6 Å². The quantitative estimate of drug-likeness (QED) is 0.163. The molecule has 0 N–H and O–H groups in total. The van der Waals surface area contributed by atoms with Gasteiger partial charge in [0.1, 0.15) is 12.6 Å². The topological polar surface area (TPSA) is 99.7 Å². The molecule has 0 aromatic heterocycles. The van der Waals surface area contributed by atoms with Crippen molar-refractivity contribution in [3.63, 3.8) is 0 Å². The molecule has 0 radical (unpaired) electrons. The molecule has 2 heterocycles. The van der Waals surface area contributed by atoms with Crippen LogP contribution in [0.25, 0.3) is 0 Å². The number of benzene rings is 3. The molecule has 0 bridgehead atoms. The van der Waals surface area contributed by atoms with Gasteiger partial charge < -0.3 is 14.4 Å². The number of carbonyl (C=O) groups excluding carboxylic acids is 4. The van der Waals surface area contributed by atoms with Crippen LogP contribution >= 0.6 is 0 Å². The van der Waals surface area contributed by atoms with E-state index < -0.39 is 35.2 Å². The minimum Gasteiger partial charge on any atom is -0.468 e. The fraction of sp³-hybridized carbons (Fsp3) is 0.351. The highest BCUT2D eigenvalue weighted by Gasteiger charge is 2.44. The number of piperidine rings is 1. The third-order valence-electron chi connectivity index (χ3n) is 9.20. The summed E-state index contributed by atoms with van der Waals surface area (Å²) in [5, 5.41) is 2.23. The van der Waals surface area contributed by atoms with E-state index in [1.807, 2.05) is 36.4 Å². The summed E-state index contributed by atoms with van der Waals surface area (Å²) in [7, 11) is 1.39. The van der Waals surface area contributed by atoms with Gasteiger partial charge in [0.15, 0.2) is 11.6 Å². The molecule has 0 aliphatic carbocycles. The Bertz CT molecular complexity index is 1660. The van der Waals surface area contributed by atoms with Crippen molar-refractivity contribution in [3.05, 3.63) is 119 Å². The lowest BCUT2D eigenvalue weighted by Gasteiger charge is -2.43. The number of allylic oxidation sites excluding steroid dienone is 1. The minimum absolute atomic E-state index is 0.0783. The van der Waals surface area contributed by atoms with Crippen molar-refractivity contribution in [3.8, 4) is 0 Å². The Kier molecular flexibility index (Phi) is 11.4. The zero-order valence-corrected chi connectivity index (χ0v) is 27.6. The maximum Gasteiger partial charge on any atom is 0.422 e. The number of nitrogens with zero attached hydrogens (tertiary/aromatic N) is 4. The number of esters is 1. The van der Waals surface area contributed by atoms with Gasteiger partial charge in [0.2, 0.25) is 6.41 Å². The first-order chi connectivity index (χ1) is 23.7. The number of likely N-dealkylation sites (tertiary alicyclic amines) is 1. The van der Waals surface area contributed by atoms with Crippen LogP contribution in [0.2, 0.25) is 0 Å². The van der Waals surface area contributed by atoms with Crippen molar-refractivity contribution < 1.29 is 37.4 Å². The fourth-order valence-electron chi connectivity index (χ4n) is 6.52. The number of hydrogen-bond acceptors (Lipinski definition) is 7. The number of hydrogen-bond donors (Lipinski definition) is 0. The first kappa shape index (κ1) is 35.2. The summed E-state index contributed by atoms with van der Waals surface area (Å²) in [5.41, 5.74) is 1.39. The maximum atomic E-state index is 14.4. The van der Waals surface area contributed by atoms with E-state index in [2.05, 4.69) is 4.90 Å². The van der Waals surface area contributed by atoms with E-state index in [0.717, 1.165) is 38.2 Å². The van der Waals surface area contributed by atoms with E-state index in [0.29, 0.717) is 51.0 Å². The van der Waals surface area contributed by atoms with Gasteiger partial charge in [0.05, 0.1) is 12.5 Å². The van der Waals surface area contributed by atoms with Gasteiger partial charge in [-0.1, -0.05) is 73.7 Å². The van der Waals surface area contributed by atoms with Gasteiger partial charge >= 0.3 is 18.1 Å². The van der Waals surface area contributed by atoms with E-state index in [1.165, 1.54) is 13.2 Å². The molecule has 0 spiro atoms. The first-order valence-corrected chi connectivity index (χ1v) is 16.3. The molecule has 1 fully saturated rings. The number of halogens is 2. The number of amides is 4. The van der Waals surface area contributed by atoms with Crippen molar-refractivity contribution in [1.82, 2.24) is 19.8 Å². The van der Waals surface area contributed by atoms with E-state index in [4.69, 9.17) is 9.47 Å². The molecular formula is C37H40F2N4O6. The number of hydrazine groups is 1. The average molecular weight is 675 g/mol.